The average molecular weight is 293 g/mol. The summed E-state index contributed by atoms with van der Waals surface area (Å²) in [6.45, 7) is 2.48. The van der Waals surface area contributed by atoms with E-state index in [1.807, 2.05) is 18.9 Å². The molecule has 8 heteroatoms. The maximum absolute atomic E-state index is 11.2. The minimum atomic E-state index is -0.430. The summed E-state index contributed by atoms with van der Waals surface area (Å²) in [5.41, 5.74) is 5.85. The summed E-state index contributed by atoms with van der Waals surface area (Å²) in [5, 5.41) is 11.2. The normalized spacial score (nSPS) is 10.3. The highest BCUT2D eigenvalue weighted by atomic mass is 32.1. The number of aromatic nitrogens is 1. The fraction of sp³-hybridized carbons (Fsp3) is 0.250. The van der Waals surface area contributed by atoms with E-state index >= 15 is 0 Å². The molecule has 0 saturated heterocycles. The molecule has 20 heavy (non-hydrogen) atoms. The van der Waals surface area contributed by atoms with E-state index in [1.165, 1.54) is 11.3 Å². The maximum Gasteiger partial charge on any atom is 0.316 e. The topological polar surface area (TPSA) is 97.3 Å². The number of anilines is 2. The van der Waals surface area contributed by atoms with Crippen LogP contribution >= 0.6 is 11.3 Å². The molecule has 0 atom stereocenters. The number of rotatable bonds is 5. The van der Waals surface area contributed by atoms with Gasteiger partial charge in [0.25, 0.3) is 0 Å². The first kappa shape index (κ1) is 14.2. The zero-order chi connectivity index (χ0) is 14.7. The van der Waals surface area contributed by atoms with E-state index in [2.05, 4.69) is 10.4 Å². The van der Waals surface area contributed by atoms with Gasteiger partial charge in [-0.1, -0.05) is 6.07 Å². The van der Waals surface area contributed by atoms with Gasteiger partial charge >= 0.3 is 5.69 Å². The van der Waals surface area contributed by atoms with Crippen molar-refractivity contribution >= 4 is 28.4 Å². The third kappa shape index (κ3) is 2.70. The van der Waals surface area contributed by atoms with Crippen molar-refractivity contribution in [2.45, 2.75) is 13.5 Å². The number of aryl methyl sites for hydroxylation is 1. The van der Waals surface area contributed by atoms with Crippen LogP contribution in [0.1, 0.15) is 10.6 Å². The average Bonchev–Trinajstić information content (AvgIpc) is 2.83. The van der Waals surface area contributed by atoms with Crippen molar-refractivity contribution in [3.8, 4) is 0 Å². The van der Waals surface area contributed by atoms with Crippen molar-refractivity contribution in [3.63, 3.8) is 0 Å². The summed E-state index contributed by atoms with van der Waals surface area (Å²) < 4.78 is 0. The van der Waals surface area contributed by atoms with Crippen LogP contribution in [0.25, 0.3) is 0 Å². The molecule has 1 heterocycles. The molecule has 1 aromatic heterocycles. The van der Waals surface area contributed by atoms with E-state index in [0.29, 0.717) is 17.9 Å². The molecule has 0 spiro atoms. The molecule has 106 valence electrons. The van der Waals surface area contributed by atoms with Gasteiger partial charge < -0.3 is 10.3 Å². The zero-order valence-electron chi connectivity index (χ0n) is 11.2. The van der Waals surface area contributed by atoms with Gasteiger partial charge in [-0.2, -0.15) is 0 Å². The van der Waals surface area contributed by atoms with Crippen molar-refractivity contribution in [1.82, 2.24) is 4.98 Å². The minimum Gasteiger partial charge on any atom is -0.364 e. The second kappa shape index (κ2) is 5.85. The number of para-hydroxylation sites is 1. The van der Waals surface area contributed by atoms with E-state index in [9.17, 15) is 10.1 Å². The van der Waals surface area contributed by atoms with Crippen LogP contribution in [0, 0.1) is 17.0 Å². The summed E-state index contributed by atoms with van der Waals surface area (Å²) in [5.74, 6) is 5.34. The molecule has 0 saturated carbocycles. The number of thiazole rings is 1. The number of nitro benzene ring substituents is 1. The molecular weight excluding hydrogens is 278 g/mol. The van der Waals surface area contributed by atoms with Crippen LogP contribution in [0.2, 0.25) is 0 Å². The fourth-order valence-electron chi connectivity index (χ4n) is 1.93. The molecule has 0 bridgehead atoms. The molecule has 3 N–H and O–H groups in total. The summed E-state index contributed by atoms with van der Waals surface area (Å²) >= 11 is 1.53. The Balaban J connectivity index is 2.37. The van der Waals surface area contributed by atoms with E-state index < -0.39 is 4.92 Å². The first-order valence-electron chi connectivity index (χ1n) is 5.88. The fourth-order valence-corrected chi connectivity index (χ4v) is 2.76. The molecule has 7 nitrogen and oxygen atoms in total. The number of nitrogens with two attached hydrogens (primary N) is 1. The Morgan fingerprint density at radius 3 is 2.85 bits per heavy atom. The summed E-state index contributed by atoms with van der Waals surface area (Å²) in [4.78, 5) is 17.9. The van der Waals surface area contributed by atoms with Crippen molar-refractivity contribution < 1.29 is 4.92 Å². The number of nitrogen functional groups attached to an aromatic ring is 1. The lowest BCUT2D eigenvalue weighted by Gasteiger charge is -2.19. The lowest BCUT2D eigenvalue weighted by atomic mass is 10.2. The number of nitro groups is 1. The molecule has 0 aliphatic carbocycles. The number of nitrogens with zero attached hydrogens (tertiary/aromatic N) is 3. The lowest BCUT2D eigenvalue weighted by molar-refractivity contribution is -0.383. The van der Waals surface area contributed by atoms with Crippen LogP contribution in [0.3, 0.4) is 0 Å². The highest BCUT2D eigenvalue weighted by Gasteiger charge is 2.22. The number of nitrogens with one attached hydrogen (secondary N) is 1. The monoisotopic (exact) mass is 293 g/mol. The van der Waals surface area contributed by atoms with E-state index in [1.54, 1.807) is 23.7 Å². The molecule has 1 aromatic carbocycles. The Hall–Kier alpha value is -2.19. The molecule has 0 aliphatic rings. The Kier molecular flexibility index (Phi) is 4.16. The molecule has 0 radical (unpaired) electrons. The highest BCUT2D eigenvalue weighted by molar-refractivity contribution is 7.09. The van der Waals surface area contributed by atoms with Crippen LogP contribution in [-0.4, -0.2) is 17.0 Å². The Labute approximate surface area is 120 Å². The van der Waals surface area contributed by atoms with Gasteiger partial charge in [-0.15, -0.1) is 11.3 Å². The van der Waals surface area contributed by atoms with Crippen LogP contribution in [0.5, 0.6) is 0 Å². The standard InChI is InChI=1S/C12H15N5O2S/c1-8-11(20-7-14-8)6-16(2)10-5-3-4-9(15-13)12(10)17(18)19/h3-5,7,15H,6,13H2,1-2H3. The Bertz CT molecular complexity index is 628. The molecule has 0 unspecified atom stereocenters. The van der Waals surface area contributed by atoms with E-state index in [4.69, 9.17) is 5.84 Å². The number of hydrazine groups is 1. The van der Waals surface area contributed by atoms with Crippen LogP contribution in [0.15, 0.2) is 23.7 Å². The van der Waals surface area contributed by atoms with Gasteiger partial charge in [0.2, 0.25) is 0 Å². The third-order valence-corrected chi connectivity index (χ3v) is 3.91. The SMILES string of the molecule is Cc1ncsc1CN(C)c1cccc(NN)c1[N+](=O)[O-]. The predicted octanol–water partition coefficient (Wildman–Crippen LogP) is 2.28. The molecule has 0 amide bonds. The molecule has 0 aliphatic heterocycles. The van der Waals surface area contributed by atoms with Gasteiger partial charge in [0.1, 0.15) is 11.4 Å². The second-order valence-electron chi connectivity index (χ2n) is 4.29. The van der Waals surface area contributed by atoms with Crippen molar-refractivity contribution in [2.24, 2.45) is 5.84 Å². The second-order valence-corrected chi connectivity index (χ2v) is 5.23. The van der Waals surface area contributed by atoms with Gasteiger partial charge in [0.05, 0.1) is 22.7 Å². The van der Waals surface area contributed by atoms with Crippen molar-refractivity contribution in [2.75, 3.05) is 17.4 Å². The molecule has 0 fully saturated rings. The third-order valence-electron chi connectivity index (χ3n) is 2.99. The highest BCUT2D eigenvalue weighted by Crippen LogP contribution is 2.35. The lowest BCUT2D eigenvalue weighted by Crippen LogP contribution is -2.19. The quantitative estimate of drug-likeness (QED) is 0.498. The maximum atomic E-state index is 11.2. The van der Waals surface area contributed by atoms with E-state index in [0.717, 1.165) is 10.6 Å². The summed E-state index contributed by atoms with van der Waals surface area (Å²) in [6, 6.07) is 5.01. The van der Waals surface area contributed by atoms with Crippen LogP contribution in [-0.2, 0) is 6.54 Å². The van der Waals surface area contributed by atoms with Gasteiger partial charge in [0, 0.05) is 11.9 Å². The number of hydrogen-bond donors (Lipinski definition) is 2. The smallest absolute Gasteiger partial charge is 0.316 e. The van der Waals surface area contributed by atoms with Gasteiger partial charge in [-0.3, -0.25) is 16.0 Å². The van der Waals surface area contributed by atoms with E-state index in [-0.39, 0.29) is 5.69 Å². The molecular formula is C12H15N5O2S. The first-order chi connectivity index (χ1) is 9.54. The Morgan fingerprint density at radius 2 is 2.30 bits per heavy atom. The molecule has 2 rings (SSSR count). The van der Waals surface area contributed by atoms with Crippen molar-refractivity contribution in [1.29, 1.82) is 0 Å². The Morgan fingerprint density at radius 1 is 1.55 bits per heavy atom. The van der Waals surface area contributed by atoms with Crippen molar-refractivity contribution in [3.05, 3.63) is 44.4 Å². The van der Waals surface area contributed by atoms with Crippen LogP contribution in [0.4, 0.5) is 17.1 Å². The molecule has 2 aromatic rings. The minimum absolute atomic E-state index is 0.0281. The predicted molar refractivity (Wildman–Crippen MR) is 79.9 cm³/mol. The first-order valence-corrected chi connectivity index (χ1v) is 6.76. The largest absolute Gasteiger partial charge is 0.364 e. The zero-order valence-corrected chi connectivity index (χ0v) is 12.0. The number of hydrogen-bond acceptors (Lipinski definition) is 7. The van der Waals surface area contributed by atoms with Gasteiger partial charge in [0.15, 0.2) is 0 Å². The van der Waals surface area contributed by atoms with Gasteiger partial charge in [-0.25, -0.2) is 4.98 Å². The van der Waals surface area contributed by atoms with Crippen LogP contribution < -0.4 is 16.2 Å². The summed E-state index contributed by atoms with van der Waals surface area (Å²) in [6.07, 6.45) is 0. The summed E-state index contributed by atoms with van der Waals surface area (Å²) in [7, 11) is 1.81. The van der Waals surface area contributed by atoms with Gasteiger partial charge in [-0.05, 0) is 19.1 Å². The number of benzene rings is 1.